The van der Waals surface area contributed by atoms with Crippen molar-refractivity contribution in [3.05, 3.63) is 105 Å². The van der Waals surface area contributed by atoms with Crippen LogP contribution in [0.3, 0.4) is 0 Å². The third-order valence-electron chi connectivity index (χ3n) is 5.15. The lowest BCUT2D eigenvalue weighted by Crippen LogP contribution is -2.30. The zero-order chi connectivity index (χ0) is 16.6. The van der Waals surface area contributed by atoms with E-state index in [4.69, 9.17) is 0 Å². The number of halogens is 4. The van der Waals surface area contributed by atoms with Gasteiger partial charge in [-0.25, -0.2) is 17.6 Å². The van der Waals surface area contributed by atoms with Gasteiger partial charge in [-0.15, -0.1) is 0 Å². The van der Waals surface area contributed by atoms with Crippen molar-refractivity contribution in [1.82, 2.24) is 0 Å². The Morgan fingerprint density at radius 3 is 1.04 bits per heavy atom. The van der Waals surface area contributed by atoms with Crippen LogP contribution in [0, 0.1) is 23.3 Å². The molecule has 0 aromatic heterocycles. The maximum absolute atomic E-state index is 14.6. The Hall–Kier alpha value is -2.62. The monoisotopic (exact) mass is 326 g/mol. The van der Waals surface area contributed by atoms with Crippen molar-refractivity contribution < 1.29 is 17.6 Å². The van der Waals surface area contributed by atoms with E-state index in [1.54, 1.807) is 0 Å². The van der Waals surface area contributed by atoms with Gasteiger partial charge in [-0.3, -0.25) is 0 Å². The van der Waals surface area contributed by atoms with Crippen LogP contribution < -0.4 is 0 Å². The first-order valence-corrected chi connectivity index (χ1v) is 7.64. The predicted molar refractivity (Wildman–Crippen MR) is 81.0 cm³/mol. The molecule has 4 heteroatoms. The van der Waals surface area contributed by atoms with E-state index in [-0.39, 0.29) is 11.1 Å². The van der Waals surface area contributed by atoms with Gasteiger partial charge in [0.05, 0.1) is 0 Å². The highest BCUT2D eigenvalue weighted by Crippen LogP contribution is 2.57. The number of hydrogen-bond donors (Lipinski definition) is 0. The van der Waals surface area contributed by atoms with Gasteiger partial charge >= 0.3 is 0 Å². The van der Waals surface area contributed by atoms with E-state index in [9.17, 15) is 17.6 Å². The van der Waals surface area contributed by atoms with Crippen molar-refractivity contribution in [2.45, 2.75) is 11.8 Å². The average Bonchev–Trinajstić information content (AvgIpc) is 2.64. The molecule has 0 atom stereocenters. The van der Waals surface area contributed by atoms with Gasteiger partial charge in [-0.05, 0) is 22.3 Å². The highest BCUT2D eigenvalue weighted by atomic mass is 19.2. The predicted octanol–water partition coefficient (Wildman–Crippen LogP) is 5.23. The van der Waals surface area contributed by atoms with Gasteiger partial charge in [0.2, 0.25) is 0 Å². The fourth-order valence-electron chi connectivity index (χ4n) is 4.26. The van der Waals surface area contributed by atoms with Crippen molar-refractivity contribution >= 4 is 0 Å². The maximum atomic E-state index is 14.6. The summed E-state index contributed by atoms with van der Waals surface area (Å²) in [7, 11) is 0. The molecule has 0 saturated heterocycles. The first kappa shape index (κ1) is 13.8. The van der Waals surface area contributed by atoms with Crippen LogP contribution in [0.5, 0.6) is 0 Å². The fourth-order valence-corrected chi connectivity index (χ4v) is 4.26. The van der Waals surface area contributed by atoms with Gasteiger partial charge in [-0.2, -0.15) is 0 Å². The quantitative estimate of drug-likeness (QED) is 0.208. The second kappa shape index (κ2) is 4.47. The van der Waals surface area contributed by atoms with Crippen molar-refractivity contribution in [2.75, 3.05) is 0 Å². The first-order chi connectivity index (χ1) is 11.6. The van der Waals surface area contributed by atoms with Crippen LogP contribution >= 0.6 is 0 Å². The topological polar surface area (TPSA) is 0 Å². The molecule has 0 spiro atoms. The molecule has 0 aliphatic heterocycles. The second-order valence-electron chi connectivity index (χ2n) is 6.21. The van der Waals surface area contributed by atoms with Crippen LogP contribution in [-0.2, 0) is 0 Å². The lowest BCUT2D eigenvalue weighted by molar-refractivity contribution is 0.392. The second-order valence-corrected chi connectivity index (χ2v) is 6.21. The lowest BCUT2D eigenvalue weighted by atomic mass is 9.61. The smallest absolute Gasteiger partial charge is 0.197 e. The molecule has 3 aromatic carbocycles. The van der Waals surface area contributed by atoms with E-state index in [2.05, 4.69) is 0 Å². The van der Waals surface area contributed by atoms with E-state index in [0.29, 0.717) is 0 Å². The third kappa shape index (κ3) is 1.44. The molecule has 3 aromatic rings. The standard InChI is InChI=1S/C20H10F4/c21-17-15-13-9-5-1-2-6-10(9)14(12-8-4-3-7-11(12)13)16(15)18(22)20(24)19(17)23/h1-8,13-14H. The highest BCUT2D eigenvalue weighted by molar-refractivity contribution is 5.68. The van der Waals surface area contributed by atoms with Crippen LogP contribution in [0.4, 0.5) is 17.6 Å². The minimum atomic E-state index is -1.74. The van der Waals surface area contributed by atoms with E-state index >= 15 is 0 Å². The molecule has 3 aliphatic rings. The molecule has 0 saturated carbocycles. The molecule has 6 rings (SSSR count). The van der Waals surface area contributed by atoms with E-state index < -0.39 is 35.1 Å². The summed E-state index contributed by atoms with van der Waals surface area (Å²) in [5.41, 5.74) is 3.12. The summed E-state index contributed by atoms with van der Waals surface area (Å²) in [6, 6.07) is 14.6. The van der Waals surface area contributed by atoms with Crippen molar-refractivity contribution in [3.8, 4) is 0 Å². The Bertz CT molecular complexity index is 894. The van der Waals surface area contributed by atoms with Crippen molar-refractivity contribution in [2.24, 2.45) is 0 Å². The molecule has 24 heavy (non-hydrogen) atoms. The number of benzene rings is 3. The van der Waals surface area contributed by atoms with Crippen LogP contribution in [0.2, 0.25) is 0 Å². The molecule has 0 fully saturated rings. The minimum Gasteiger partial charge on any atom is -0.203 e. The highest BCUT2D eigenvalue weighted by Gasteiger charge is 2.46. The summed E-state index contributed by atoms with van der Waals surface area (Å²) in [5, 5.41) is 0. The third-order valence-corrected chi connectivity index (χ3v) is 5.15. The van der Waals surface area contributed by atoms with Crippen LogP contribution in [0.1, 0.15) is 45.2 Å². The van der Waals surface area contributed by atoms with Gasteiger partial charge in [-0.1, -0.05) is 48.5 Å². The molecule has 0 amide bonds. The van der Waals surface area contributed by atoms with E-state index in [1.807, 2.05) is 48.5 Å². The maximum Gasteiger partial charge on any atom is 0.197 e. The van der Waals surface area contributed by atoms with E-state index in [1.165, 1.54) is 0 Å². The normalized spacial score (nSPS) is 19.7. The summed E-state index contributed by atoms with van der Waals surface area (Å²) < 4.78 is 56.9. The van der Waals surface area contributed by atoms with Gasteiger partial charge in [0, 0.05) is 23.0 Å². The van der Waals surface area contributed by atoms with Gasteiger partial charge in [0.15, 0.2) is 23.3 Å². The molecule has 118 valence electrons. The summed E-state index contributed by atoms with van der Waals surface area (Å²) in [6.45, 7) is 0. The average molecular weight is 326 g/mol. The zero-order valence-corrected chi connectivity index (χ0v) is 12.3. The van der Waals surface area contributed by atoms with Gasteiger partial charge in [0.1, 0.15) is 0 Å². The Morgan fingerprint density at radius 1 is 0.458 bits per heavy atom. The molecular weight excluding hydrogens is 316 g/mol. The van der Waals surface area contributed by atoms with Gasteiger partial charge in [0.25, 0.3) is 0 Å². The fraction of sp³-hybridized carbons (Fsp3) is 0.100. The molecule has 3 aliphatic carbocycles. The first-order valence-electron chi connectivity index (χ1n) is 7.64. The summed E-state index contributed by atoms with van der Waals surface area (Å²) in [4.78, 5) is 0. The minimum absolute atomic E-state index is 0.0752. The SMILES string of the molecule is Fc1c(F)c(F)c2c(c1F)C1c3ccccc3C2c2ccccc21. The largest absolute Gasteiger partial charge is 0.203 e. The number of rotatable bonds is 0. The van der Waals surface area contributed by atoms with Crippen LogP contribution in [0.15, 0.2) is 48.5 Å². The van der Waals surface area contributed by atoms with Crippen LogP contribution in [0.25, 0.3) is 0 Å². The summed E-state index contributed by atoms with van der Waals surface area (Å²) in [6.07, 6.45) is 0. The summed E-state index contributed by atoms with van der Waals surface area (Å²) >= 11 is 0. The Balaban J connectivity index is 1.98. The van der Waals surface area contributed by atoms with E-state index in [0.717, 1.165) is 22.3 Å². The molecule has 0 nitrogen and oxygen atoms in total. The zero-order valence-electron chi connectivity index (χ0n) is 12.3. The lowest BCUT2D eigenvalue weighted by Gasteiger charge is -2.42. The molecular formula is C20H10F4. The number of hydrogen-bond acceptors (Lipinski definition) is 0. The summed E-state index contributed by atoms with van der Waals surface area (Å²) in [5.74, 6) is -7.31. The molecule has 0 unspecified atom stereocenters. The molecule has 0 heterocycles. The van der Waals surface area contributed by atoms with Crippen molar-refractivity contribution in [3.63, 3.8) is 0 Å². The van der Waals surface area contributed by atoms with Crippen molar-refractivity contribution in [1.29, 1.82) is 0 Å². The Morgan fingerprint density at radius 2 is 0.750 bits per heavy atom. The van der Waals surface area contributed by atoms with Gasteiger partial charge < -0.3 is 0 Å². The van der Waals surface area contributed by atoms with Crippen LogP contribution in [-0.4, -0.2) is 0 Å². The Labute approximate surface area is 135 Å². The molecule has 2 bridgehead atoms. The Kier molecular flexibility index (Phi) is 2.57. The molecule has 0 radical (unpaired) electrons. The molecule has 0 N–H and O–H groups in total.